The van der Waals surface area contributed by atoms with Gasteiger partial charge in [-0.15, -0.1) is 0 Å². The van der Waals surface area contributed by atoms with Crippen LogP contribution < -0.4 is 10.6 Å². The van der Waals surface area contributed by atoms with E-state index in [9.17, 15) is 0 Å². The van der Waals surface area contributed by atoms with Gasteiger partial charge in [0, 0.05) is 6.61 Å². The lowest BCUT2D eigenvalue weighted by Crippen LogP contribution is -2.27. The molecular formula is C12H16ClNO. The van der Waals surface area contributed by atoms with Crippen LogP contribution in [0.1, 0.15) is 13.8 Å². The van der Waals surface area contributed by atoms with Crippen molar-refractivity contribution in [2.75, 3.05) is 6.61 Å². The SMILES string of the molecule is C=C/C=c1/nc(Cl)cc/c1=C/C.CCO. The highest BCUT2D eigenvalue weighted by Gasteiger charge is 1.87. The van der Waals surface area contributed by atoms with Crippen LogP contribution >= 0.6 is 11.6 Å². The second kappa shape index (κ2) is 8.21. The highest BCUT2D eigenvalue weighted by atomic mass is 35.5. The van der Waals surface area contributed by atoms with Crippen LogP contribution in [0.2, 0.25) is 5.15 Å². The molecule has 0 saturated heterocycles. The summed E-state index contributed by atoms with van der Waals surface area (Å²) in [5, 5.41) is 10.0. The number of aliphatic hydroxyl groups excluding tert-OH is 1. The molecule has 0 aromatic carbocycles. The zero-order valence-electron chi connectivity index (χ0n) is 9.07. The summed E-state index contributed by atoms with van der Waals surface area (Å²) in [5.74, 6) is 0. The van der Waals surface area contributed by atoms with Gasteiger partial charge in [-0.05, 0) is 31.2 Å². The van der Waals surface area contributed by atoms with Crippen molar-refractivity contribution in [3.63, 3.8) is 0 Å². The maximum absolute atomic E-state index is 7.57. The van der Waals surface area contributed by atoms with Crippen molar-refractivity contribution < 1.29 is 5.11 Å². The predicted molar refractivity (Wildman–Crippen MR) is 66.1 cm³/mol. The topological polar surface area (TPSA) is 33.1 Å². The Kier molecular flexibility index (Phi) is 7.60. The maximum Gasteiger partial charge on any atom is 0.129 e. The number of aliphatic hydroxyl groups is 1. The first kappa shape index (κ1) is 13.9. The average molecular weight is 226 g/mol. The Hall–Kier alpha value is -1.12. The summed E-state index contributed by atoms with van der Waals surface area (Å²) in [6.45, 7) is 7.50. The van der Waals surface area contributed by atoms with E-state index in [-0.39, 0.29) is 6.61 Å². The van der Waals surface area contributed by atoms with E-state index in [1.54, 1.807) is 19.1 Å². The van der Waals surface area contributed by atoms with Crippen LogP contribution in [0.25, 0.3) is 12.2 Å². The third-order valence-corrected chi connectivity index (χ3v) is 1.72. The Labute approximate surface area is 95.2 Å². The minimum Gasteiger partial charge on any atom is -0.397 e. The van der Waals surface area contributed by atoms with E-state index >= 15 is 0 Å². The van der Waals surface area contributed by atoms with Gasteiger partial charge in [-0.25, -0.2) is 4.98 Å². The molecule has 0 bridgehead atoms. The number of aromatic nitrogens is 1. The van der Waals surface area contributed by atoms with Crippen molar-refractivity contribution in [2.45, 2.75) is 13.8 Å². The molecule has 2 nitrogen and oxygen atoms in total. The van der Waals surface area contributed by atoms with Gasteiger partial charge in [0.15, 0.2) is 0 Å². The van der Waals surface area contributed by atoms with E-state index in [1.165, 1.54) is 0 Å². The fourth-order valence-electron chi connectivity index (χ4n) is 0.950. The van der Waals surface area contributed by atoms with Gasteiger partial charge in [0.05, 0.1) is 5.35 Å². The maximum atomic E-state index is 7.57. The van der Waals surface area contributed by atoms with E-state index in [1.807, 2.05) is 25.1 Å². The number of halogens is 1. The zero-order valence-corrected chi connectivity index (χ0v) is 9.83. The number of hydrogen-bond donors (Lipinski definition) is 1. The molecule has 1 aromatic rings. The van der Waals surface area contributed by atoms with Crippen molar-refractivity contribution in [1.82, 2.24) is 4.98 Å². The Morgan fingerprint density at radius 2 is 2.13 bits per heavy atom. The van der Waals surface area contributed by atoms with E-state index in [4.69, 9.17) is 16.7 Å². The molecule has 0 unspecified atom stereocenters. The van der Waals surface area contributed by atoms with Gasteiger partial charge < -0.3 is 5.11 Å². The third-order valence-electron chi connectivity index (χ3n) is 1.51. The van der Waals surface area contributed by atoms with Gasteiger partial charge in [-0.1, -0.05) is 36.4 Å². The predicted octanol–water partition coefficient (Wildman–Crippen LogP) is 1.50. The lowest BCUT2D eigenvalue weighted by molar-refractivity contribution is 0.318. The molecule has 1 rings (SSSR count). The minimum atomic E-state index is 0.250. The Balaban J connectivity index is 0.000000583. The third kappa shape index (κ3) is 5.35. The molecule has 0 aliphatic carbocycles. The molecule has 0 saturated carbocycles. The van der Waals surface area contributed by atoms with E-state index in [2.05, 4.69) is 11.6 Å². The number of pyridine rings is 1. The average Bonchev–Trinajstić information content (AvgIpc) is 2.20. The van der Waals surface area contributed by atoms with Crippen molar-refractivity contribution in [2.24, 2.45) is 0 Å². The van der Waals surface area contributed by atoms with Gasteiger partial charge in [-0.2, -0.15) is 0 Å². The summed E-state index contributed by atoms with van der Waals surface area (Å²) in [5.41, 5.74) is 0. The highest BCUT2D eigenvalue weighted by molar-refractivity contribution is 6.29. The monoisotopic (exact) mass is 225 g/mol. The molecule has 0 aliphatic heterocycles. The van der Waals surface area contributed by atoms with Crippen LogP contribution in [0, 0.1) is 0 Å². The van der Waals surface area contributed by atoms with Crippen molar-refractivity contribution in [3.05, 3.63) is 40.5 Å². The summed E-state index contributed by atoms with van der Waals surface area (Å²) in [4.78, 5) is 4.14. The van der Waals surface area contributed by atoms with Crippen molar-refractivity contribution in [3.8, 4) is 0 Å². The standard InChI is InChI=1S/C10H10ClN.C2H6O/c1-3-5-9-8(4-2)6-7-10(11)12-9;1-2-3/h3-7H,1H2,2H3;3H,2H2,1H3/b8-4-,9-5+;. The first-order valence-electron chi connectivity index (χ1n) is 4.72. The fourth-order valence-corrected chi connectivity index (χ4v) is 1.10. The molecule has 1 aromatic heterocycles. The Morgan fingerprint density at radius 3 is 2.60 bits per heavy atom. The largest absolute Gasteiger partial charge is 0.397 e. The molecule has 0 spiro atoms. The van der Waals surface area contributed by atoms with Gasteiger partial charge in [0.2, 0.25) is 0 Å². The summed E-state index contributed by atoms with van der Waals surface area (Å²) < 4.78 is 0. The van der Waals surface area contributed by atoms with Gasteiger partial charge in [0.25, 0.3) is 0 Å². The molecule has 0 amide bonds. The van der Waals surface area contributed by atoms with Gasteiger partial charge >= 0.3 is 0 Å². The lowest BCUT2D eigenvalue weighted by Gasteiger charge is -1.89. The molecule has 0 fully saturated rings. The van der Waals surface area contributed by atoms with Crippen LogP contribution in [0.5, 0.6) is 0 Å². The molecule has 0 aliphatic rings. The number of hydrogen-bond acceptors (Lipinski definition) is 2. The van der Waals surface area contributed by atoms with E-state index in [0.717, 1.165) is 10.6 Å². The second-order valence-corrected chi connectivity index (χ2v) is 3.00. The van der Waals surface area contributed by atoms with Crippen molar-refractivity contribution >= 4 is 23.8 Å². The van der Waals surface area contributed by atoms with Crippen LogP contribution in [0.15, 0.2) is 24.8 Å². The Bertz CT molecular complexity index is 412. The Morgan fingerprint density at radius 1 is 1.53 bits per heavy atom. The minimum absolute atomic E-state index is 0.250. The molecule has 0 radical (unpaired) electrons. The molecule has 15 heavy (non-hydrogen) atoms. The quantitative estimate of drug-likeness (QED) is 0.735. The number of nitrogens with zero attached hydrogens (tertiary/aromatic N) is 1. The number of rotatable bonds is 1. The van der Waals surface area contributed by atoms with E-state index in [0.29, 0.717) is 5.15 Å². The normalized spacial score (nSPS) is 12.0. The van der Waals surface area contributed by atoms with Crippen LogP contribution in [-0.2, 0) is 0 Å². The van der Waals surface area contributed by atoms with Gasteiger partial charge in [0.1, 0.15) is 5.15 Å². The molecule has 1 heterocycles. The molecule has 3 heteroatoms. The molecule has 1 N–H and O–H groups in total. The van der Waals surface area contributed by atoms with Crippen LogP contribution in [-0.4, -0.2) is 16.7 Å². The van der Waals surface area contributed by atoms with Gasteiger partial charge in [-0.3, -0.25) is 0 Å². The summed E-state index contributed by atoms with van der Waals surface area (Å²) in [6.07, 6.45) is 5.52. The summed E-state index contributed by atoms with van der Waals surface area (Å²) >= 11 is 5.73. The van der Waals surface area contributed by atoms with Crippen LogP contribution in [0.3, 0.4) is 0 Å². The summed E-state index contributed by atoms with van der Waals surface area (Å²) in [7, 11) is 0. The highest BCUT2D eigenvalue weighted by Crippen LogP contribution is 1.94. The lowest BCUT2D eigenvalue weighted by atomic mass is 10.3. The first-order chi connectivity index (χ1) is 7.19. The number of allylic oxidation sites excluding steroid dienone is 1. The molecule has 82 valence electrons. The molecule has 0 atom stereocenters. The summed E-state index contributed by atoms with van der Waals surface area (Å²) in [6, 6.07) is 3.71. The van der Waals surface area contributed by atoms with Crippen LogP contribution in [0.4, 0.5) is 0 Å². The molecular weight excluding hydrogens is 210 g/mol. The first-order valence-corrected chi connectivity index (χ1v) is 5.09. The smallest absolute Gasteiger partial charge is 0.129 e. The van der Waals surface area contributed by atoms with E-state index < -0.39 is 0 Å². The second-order valence-electron chi connectivity index (χ2n) is 2.62. The van der Waals surface area contributed by atoms with Crippen molar-refractivity contribution in [1.29, 1.82) is 0 Å². The zero-order chi connectivity index (χ0) is 11.7. The fraction of sp³-hybridized carbons (Fsp3) is 0.250.